The van der Waals surface area contributed by atoms with Gasteiger partial charge in [0.25, 0.3) is 5.91 Å². The third-order valence-electron chi connectivity index (χ3n) is 5.26. The van der Waals surface area contributed by atoms with Crippen LogP contribution in [0.2, 0.25) is 5.02 Å². The minimum absolute atomic E-state index is 0.00970. The zero-order valence-corrected chi connectivity index (χ0v) is 19.0. The van der Waals surface area contributed by atoms with Gasteiger partial charge in [-0.15, -0.1) is 0 Å². The number of nitrogens with one attached hydrogen (secondary N) is 1. The SMILES string of the molecule is CC(C)C(C(=O)NN1C(=O)C(=Cc2ccccn2)N=C1c1ccccc1)c1ccc(Cl)cc1. The molecule has 6 nitrogen and oxygen atoms in total. The average molecular weight is 459 g/mol. The molecule has 7 heteroatoms. The number of aromatic nitrogens is 1. The van der Waals surface area contributed by atoms with Crippen LogP contribution in [0.5, 0.6) is 0 Å². The molecule has 33 heavy (non-hydrogen) atoms. The number of aliphatic imine (C=N–C) groups is 1. The molecule has 4 rings (SSSR count). The summed E-state index contributed by atoms with van der Waals surface area (Å²) < 4.78 is 0. The Labute approximate surface area is 197 Å². The summed E-state index contributed by atoms with van der Waals surface area (Å²) >= 11 is 6.02. The first kappa shape index (κ1) is 22.4. The highest BCUT2D eigenvalue weighted by atomic mass is 35.5. The Bertz CT molecular complexity index is 1210. The third-order valence-corrected chi connectivity index (χ3v) is 5.52. The van der Waals surface area contributed by atoms with Crippen molar-refractivity contribution < 1.29 is 9.59 Å². The molecule has 1 atom stereocenters. The van der Waals surface area contributed by atoms with Gasteiger partial charge in [0.1, 0.15) is 5.70 Å². The number of hydrazine groups is 1. The Morgan fingerprint density at radius 2 is 1.70 bits per heavy atom. The normalized spacial score (nSPS) is 15.6. The van der Waals surface area contributed by atoms with E-state index in [0.29, 0.717) is 22.1 Å². The van der Waals surface area contributed by atoms with Crippen LogP contribution in [-0.2, 0) is 9.59 Å². The number of rotatable bonds is 6. The van der Waals surface area contributed by atoms with Crippen molar-refractivity contribution in [2.45, 2.75) is 19.8 Å². The number of hydrogen-bond donors (Lipinski definition) is 1. The van der Waals surface area contributed by atoms with Crippen molar-refractivity contribution in [3.63, 3.8) is 0 Å². The molecule has 0 radical (unpaired) electrons. The molecule has 0 spiro atoms. The van der Waals surface area contributed by atoms with Crippen molar-refractivity contribution in [2.24, 2.45) is 10.9 Å². The molecule has 1 aliphatic heterocycles. The number of amides is 2. The standard InChI is InChI=1S/C26H23ClN4O2/c1-17(2)23(18-11-13-20(27)14-12-18)25(32)30-31-24(19-8-4-3-5-9-19)29-22(26(31)33)16-21-10-6-7-15-28-21/h3-17,23H,1-2H3,(H,30,32). The van der Waals surface area contributed by atoms with E-state index in [2.05, 4.69) is 15.4 Å². The molecule has 166 valence electrons. The minimum atomic E-state index is -0.476. The summed E-state index contributed by atoms with van der Waals surface area (Å²) in [7, 11) is 0. The number of hydrogen-bond acceptors (Lipinski definition) is 4. The zero-order chi connectivity index (χ0) is 23.4. The minimum Gasteiger partial charge on any atom is -0.273 e. The van der Waals surface area contributed by atoms with Crippen molar-refractivity contribution in [3.05, 3.63) is 107 Å². The zero-order valence-electron chi connectivity index (χ0n) is 18.3. The lowest BCUT2D eigenvalue weighted by Gasteiger charge is -2.25. The largest absolute Gasteiger partial charge is 0.297 e. The second-order valence-electron chi connectivity index (χ2n) is 7.98. The number of carbonyl (C=O) groups excluding carboxylic acids is 2. The topological polar surface area (TPSA) is 74.7 Å². The fraction of sp³-hybridized carbons (Fsp3) is 0.154. The highest BCUT2D eigenvalue weighted by Crippen LogP contribution is 2.27. The van der Waals surface area contributed by atoms with Crippen LogP contribution in [0.3, 0.4) is 0 Å². The van der Waals surface area contributed by atoms with Crippen LogP contribution in [0.1, 0.15) is 36.6 Å². The van der Waals surface area contributed by atoms with Gasteiger partial charge < -0.3 is 0 Å². The molecule has 0 saturated carbocycles. The van der Waals surface area contributed by atoms with E-state index in [1.165, 1.54) is 5.01 Å². The van der Waals surface area contributed by atoms with E-state index in [1.54, 1.807) is 36.5 Å². The van der Waals surface area contributed by atoms with Gasteiger partial charge in [-0.05, 0) is 41.8 Å². The fourth-order valence-corrected chi connectivity index (χ4v) is 3.82. The average Bonchev–Trinajstić information content (AvgIpc) is 3.11. The molecule has 1 unspecified atom stereocenters. The van der Waals surface area contributed by atoms with E-state index in [-0.39, 0.29) is 17.5 Å². The number of carbonyl (C=O) groups is 2. The lowest BCUT2D eigenvalue weighted by atomic mass is 9.88. The monoisotopic (exact) mass is 458 g/mol. The van der Waals surface area contributed by atoms with Gasteiger partial charge in [-0.25, -0.2) is 4.99 Å². The highest BCUT2D eigenvalue weighted by molar-refractivity contribution is 6.30. The Balaban J connectivity index is 1.68. The van der Waals surface area contributed by atoms with Crippen LogP contribution >= 0.6 is 11.6 Å². The first-order chi connectivity index (χ1) is 15.9. The molecule has 3 aromatic rings. The Morgan fingerprint density at radius 3 is 2.33 bits per heavy atom. The molecule has 2 heterocycles. The lowest BCUT2D eigenvalue weighted by molar-refractivity contribution is -0.134. The van der Waals surface area contributed by atoms with Crippen LogP contribution < -0.4 is 5.43 Å². The number of benzene rings is 2. The summed E-state index contributed by atoms with van der Waals surface area (Å²) in [5, 5.41) is 1.82. The second-order valence-corrected chi connectivity index (χ2v) is 8.41. The molecule has 0 saturated heterocycles. The van der Waals surface area contributed by atoms with Crippen LogP contribution in [0.4, 0.5) is 0 Å². The molecule has 1 N–H and O–H groups in total. The summed E-state index contributed by atoms with van der Waals surface area (Å²) in [5.74, 6) is -0.856. The molecule has 2 aromatic carbocycles. The number of amidine groups is 1. The molecule has 2 amide bonds. The molecule has 0 aliphatic carbocycles. The van der Waals surface area contributed by atoms with E-state index in [4.69, 9.17) is 11.6 Å². The van der Waals surface area contributed by atoms with Crippen molar-refractivity contribution in [2.75, 3.05) is 0 Å². The van der Waals surface area contributed by atoms with Gasteiger partial charge in [-0.3, -0.25) is 20.0 Å². The van der Waals surface area contributed by atoms with Gasteiger partial charge >= 0.3 is 0 Å². The Hall–Kier alpha value is -3.77. The van der Waals surface area contributed by atoms with E-state index in [1.807, 2.05) is 62.4 Å². The number of nitrogens with zero attached hydrogens (tertiary/aromatic N) is 3. The predicted octanol–water partition coefficient (Wildman–Crippen LogP) is 4.84. The molecular weight excluding hydrogens is 436 g/mol. The summed E-state index contributed by atoms with van der Waals surface area (Å²) in [4.78, 5) is 35.5. The predicted molar refractivity (Wildman–Crippen MR) is 129 cm³/mol. The van der Waals surface area contributed by atoms with E-state index >= 15 is 0 Å². The summed E-state index contributed by atoms with van der Waals surface area (Å²) in [6.07, 6.45) is 3.25. The first-order valence-electron chi connectivity index (χ1n) is 10.6. The van der Waals surface area contributed by atoms with Gasteiger partial charge in [0, 0.05) is 16.8 Å². The van der Waals surface area contributed by atoms with Gasteiger partial charge in [-0.1, -0.05) is 74.0 Å². The van der Waals surface area contributed by atoms with Gasteiger partial charge in [0.15, 0.2) is 5.84 Å². The maximum absolute atomic E-state index is 13.4. The maximum atomic E-state index is 13.4. The lowest BCUT2D eigenvalue weighted by Crippen LogP contribution is -2.49. The Morgan fingerprint density at radius 1 is 1.00 bits per heavy atom. The van der Waals surface area contributed by atoms with Crippen LogP contribution in [-0.4, -0.2) is 27.6 Å². The van der Waals surface area contributed by atoms with E-state index in [9.17, 15) is 9.59 Å². The van der Waals surface area contributed by atoms with Crippen molar-refractivity contribution in [1.82, 2.24) is 15.4 Å². The Kier molecular flexibility index (Phi) is 6.66. The number of halogens is 1. The molecule has 0 fully saturated rings. The van der Waals surface area contributed by atoms with Crippen molar-refractivity contribution in [3.8, 4) is 0 Å². The third kappa shape index (κ3) is 5.02. The van der Waals surface area contributed by atoms with E-state index < -0.39 is 11.8 Å². The smallest absolute Gasteiger partial charge is 0.273 e. The number of pyridine rings is 1. The van der Waals surface area contributed by atoms with Crippen LogP contribution in [0, 0.1) is 5.92 Å². The van der Waals surface area contributed by atoms with E-state index in [0.717, 1.165) is 5.56 Å². The van der Waals surface area contributed by atoms with Crippen molar-refractivity contribution in [1.29, 1.82) is 0 Å². The van der Waals surface area contributed by atoms with Gasteiger partial charge in [-0.2, -0.15) is 5.01 Å². The second kappa shape index (κ2) is 9.79. The van der Waals surface area contributed by atoms with Gasteiger partial charge in [0.05, 0.1) is 11.6 Å². The highest BCUT2D eigenvalue weighted by Gasteiger charge is 2.35. The van der Waals surface area contributed by atoms with Crippen LogP contribution in [0.25, 0.3) is 6.08 Å². The molecule has 0 bridgehead atoms. The molecule has 1 aliphatic rings. The molecule has 1 aromatic heterocycles. The van der Waals surface area contributed by atoms with Crippen LogP contribution in [0.15, 0.2) is 89.7 Å². The fourth-order valence-electron chi connectivity index (χ4n) is 3.69. The van der Waals surface area contributed by atoms with Gasteiger partial charge in [0.2, 0.25) is 5.91 Å². The summed E-state index contributed by atoms with van der Waals surface area (Å²) in [6.45, 7) is 3.92. The maximum Gasteiger partial charge on any atom is 0.297 e. The first-order valence-corrected chi connectivity index (χ1v) is 11.0. The van der Waals surface area contributed by atoms with Crippen molar-refractivity contribution >= 4 is 35.3 Å². The molecular formula is C26H23ClN4O2. The quantitative estimate of drug-likeness (QED) is 0.537. The summed E-state index contributed by atoms with van der Waals surface area (Å²) in [5.41, 5.74) is 5.14. The summed E-state index contributed by atoms with van der Waals surface area (Å²) in [6, 6.07) is 21.9.